The second-order valence-corrected chi connectivity index (χ2v) is 3.17. The van der Waals surface area contributed by atoms with Crippen molar-refractivity contribution in [2.45, 2.75) is 0 Å². The van der Waals surface area contributed by atoms with Crippen molar-refractivity contribution in [3.8, 4) is 11.2 Å². The fourth-order valence-corrected chi connectivity index (χ4v) is 1.47. The van der Waals surface area contributed by atoms with E-state index in [1.165, 1.54) is 16.0 Å². The van der Waals surface area contributed by atoms with Crippen LogP contribution in [-0.2, 0) is 0 Å². The summed E-state index contributed by atoms with van der Waals surface area (Å²) >= 11 is 1.43. The highest BCUT2D eigenvalue weighted by atomic mass is 32.1. The second kappa shape index (κ2) is 2.88. The third kappa shape index (κ3) is 1.25. The van der Waals surface area contributed by atoms with Crippen molar-refractivity contribution in [3.05, 3.63) is 23.3 Å². The molecule has 0 aromatic carbocycles. The summed E-state index contributed by atoms with van der Waals surface area (Å²) in [6, 6.07) is 1.95. The van der Waals surface area contributed by atoms with Crippen LogP contribution < -0.4 is 5.73 Å². The van der Waals surface area contributed by atoms with E-state index in [4.69, 9.17) is 11.0 Å². The Morgan fingerprint density at radius 3 is 3.00 bits per heavy atom. The van der Waals surface area contributed by atoms with Crippen LogP contribution in [0.4, 0.5) is 5.82 Å². The lowest BCUT2D eigenvalue weighted by molar-refractivity contribution is 0.874. The van der Waals surface area contributed by atoms with Crippen molar-refractivity contribution >= 4 is 17.2 Å². The van der Waals surface area contributed by atoms with E-state index in [1.54, 1.807) is 12.4 Å². The minimum atomic E-state index is 0.234. The number of anilines is 1. The Bertz CT molecular complexity index is 450. The minimum Gasteiger partial charge on any atom is -0.381 e. The largest absolute Gasteiger partial charge is 0.381 e. The topological polar surface area (TPSA) is 80.5 Å². The van der Waals surface area contributed by atoms with Crippen molar-refractivity contribution in [3.63, 3.8) is 0 Å². The van der Waals surface area contributed by atoms with Crippen LogP contribution in [0.3, 0.4) is 0 Å². The van der Waals surface area contributed by atoms with Gasteiger partial charge in [0.25, 0.3) is 0 Å². The quantitative estimate of drug-likeness (QED) is 0.722. The SMILES string of the molecule is N#Cc1cn(-c2nccs2)nc1N. The first-order chi connectivity index (χ1) is 6.31. The van der Waals surface area contributed by atoms with Crippen molar-refractivity contribution in [1.29, 1.82) is 5.26 Å². The summed E-state index contributed by atoms with van der Waals surface area (Å²) in [5.41, 5.74) is 5.85. The van der Waals surface area contributed by atoms with Gasteiger partial charge in [-0.3, -0.25) is 0 Å². The van der Waals surface area contributed by atoms with Gasteiger partial charge in [-0.15, -0.1) is 16.4 Å². The molecule has 0 radical (unpaired) electrons. The van der Waals surface area contributed by atoms with Crippen molar-refractivity contribution in [2.24, 2.45) is 0 Å². The molecule has 2 heterocycles. The Kier molecular flexibility index (Phi) is 1.72. The zero-order valence-corrected chi connectivity index (χ0v) is 7.32. The summed E-state index contributed by atoms with van der Waals surface area (Å²) in [5, 5.41) is 15.1. The average Bonchev–Trinajstić information content (AvgIpc) is 2.71. The lowest BCUT2D eigenvalue weighted by Gasteiger charge is -1.90. The molecule has 0 aliphatic carbocycles. The Hall–Kier alpha value is -1.87. The van der Waals surface area contributed by atoms with Gasteiger partial charge in [0.2, 0.25) is 5.13 Å². The molecule has 64 valence electrons. The smallest absolute Gasteiger partial charge is 0.210 e. The number of rotatable bonds is 1. The zero-order chi connectivity index (χ0) is 9.26. The summed E-state index contributed by atoms with van der Waals surface area (Å²) < 4.78 is 1.50. The Morgan fingerprint density at radius 2 is 2.46 bits per heavy atom. The van der Waals surface area contributed by atoms with E-state index in [0.717, 1.165) is 0 Å². The third-order valence-electron chi connectivity index (χ3n) is 1.48. The number of hydrogen-bond acceptors (Lipinski definition) is 5. The van der Waals surface area contributed by atoms with Crippen LogP contribution in [0.1, 0.15) is 5.56 Å². The van der Waals surface area contributed by atoms with Crippen LogP contribution in [0.15, 0.2) is 17.8 Å². The molecule has 2 rings (SSSR count). The van der Waals surface area contributed by atoms with Crippen molar-refractivity contribution < 1.29 is 0 Å². The lowest BCUT2D eigenvalue weighted by Crippen LogP contribution is -1.94. The molecule has 0 saturated heterocycles. The van der Waals surface area contributed by atoms with Crippen molar-refractivity contribution in [2.75, 3.05) is 5.73 Å². The Labute approximate surface area is 78.1 Å². The number of nitriles is 1. The molecule has 2 aromatic rings. The van der Waals surface area contributed by atoms with Crippen LogP contribution >= 0.6 is 11.3 Å². The molecule has 0 atom stereocenters. The van der Waals surface area contributed by atoms with E-state index in [-0.39, 0.29) is 5.82 Å². The van der Waals surface area contributed by atoms with Crippen LogP contribution in [0.5, 0.6) is 0 Å². The Morgan fingerprint density at radius 1 is 1.62 bits per heavy atom. The first kappa shape index (κ1) is 7.76. The molecule has 0 aliphatic heterocycles. The maximum absolute atomic E-state index is 8.63. The number of nitrogen functional groups attached to an aromatic ring is 1. The van der Waals surface area contributed by atoms with E-state index in [0.29, 0.717) is 10.7 Å². The van der Waals surface area contributed by atoms with Gasteiger partial charge in [0, 0.05) is 11.6 Å². The predicted octanol–water partition coefficient (Wildman–Crippen LogP) is 0.783. The van der Waals surface area contributed by atoms with Crippen molar-refractivity contribution in [1.82, 2.24) is 14.8 Å². The first-order valence-corrected chi connectivity index (χ1v) is 4.34. The van der Waals surface area contributed by atoms with Crippen LogP contribution in [-0.4, -0.2) is 14.8 Å². The highest BCUT2D eigenvalue weighted by molar-refractivity contribution is 7.12. The zero-order valence-electron chi connectivity index (χ0n) is 6.51. The van der Waals surface area contributed by atoms with Gasteiger partial charge in [0.05, 0.1) is 6.20 Å². The van der Waals surface area contributed by atoms with E-state index >= 15 is 0 Å². The molecule has 2 aromatic heterocycles. The second-order valence-electron chi connectivity index (χ2n) is 2.30. The van der Waals surface area contributed by atoms with E-state index in [1.807, 2.05) is 11.4 Å². The number of hydrogen-bond donors (Lipinski definition) is 1. The fraction of sp³-hybridized carbons (Fsp3) is 0. The molecule has 0 amide bonds. The minimum absolute atomic E-state index is 0.234. The molecule has 5 nitrogen and oxygen atoms in total. The third-order valence-corrected chi connectivity index (χ3v) is 2.24. The van der Waals surface area contributed by atoms with Gasteiger partial charge in [-0.05, 0) is 0 Å². The molecule has 0 saturated carbocycles. The maximum atomic E-state index is 8.63. The van der Waals surface area contributed by atoms with Gasteiger partial charge in [0.1, 0.15) is 11.6 Å². The lowest BCUT2D eigenvalue weighted by atomic mass is 10.4. The summed E-state index contributed by atoms with van der Waals surface area (Å²) in [6.45, 7) is 0. The standard InChI is InChI=1S/C7H5N5S/c8-3-5-4-12(11-6(5)9)7-10-1-2-13-7/h1-2,4H,(H2,9,11). The summed E-state index contributed by atoms with van der Waals surface area (Å²) in [4.78, 5) is 4.03. The first-order valence-electron chi connectivity index (χ1n) is 3.46. The molecular weight excluding hydrogens is 186 g/mol. The summed E-state index contributed by atoms with van der Waals surface area (Å²) in [6.07, 6.45) is 3.23. The molecule has 0 bridgehead atoms. The molecule has 0 spiro atoms. The molecule has 0 unspecified atom stereocenters. The highest BCUT2D eigenvalue weighted by Crippen LogP contribution is 2.14. The normalized spacial score (nSPS) is 9.77. The number of aromatic nitrogens is 3. The highest BCUT2D eigenvalue weighted by Gasteiger charge is 2.06. The molecule has 6 heteroatoms. The van der Waals surface area contributed by atoms with E-state index < -0.39 is 0 Å². The summed E-state index contributed by atoms with van der Waals surface area (Å²) in [7, 11) is 0. The molecule has 0 aliphatic rings. The van der Waals surface area contributed by atoms with E-state index in [9.17, 15) is 0 Å². The number of nitrogens with two attached hydrogens (primary N) is 1. The van der Waals surface area contributed by atoms with Gasteiger partial charge in [-0.2, -0.15) is 5.26 Å². The molecular formula is C7H5N5S. The summed E-state index contributed by atoms with van der Waals surface area (Å²) in [5.74, 6) is 0.234. The fourth-order valence-electron chi connectivity index (χ4n) is 0.900. The van der Waals surface area contributed by atoms with Crippen LogP contribution in [0.25, 0.3) is 5.13 Å². The maximum Gasteiger partial charge on any atom is 0.210 e. The number of nitrogens with zero attached hydrogens (tertiary/aromatic N) is 4. The van der Waals surface area contributed by atoms with Gasteiger partial charge in [-0.25, -0.2) is 9.67 Å². The average molecular weight is 191 g/mol. The molecule has 13 heavy (non-hydrogen) atoms. The predicted molar refractivity (Wildman–Crippen MR) is 48.4 cm³/mol. The van der Waals surface area contributed by atoms with Gasteiger partial charge < -0.3 is 5.73 Å². The Balaban J connectivity index is 2.50. The van der Waals surface area contributed by atoms with Crippen LogP contribution in [0.2, 0.25) is 0 Å². The molecule has 2 N–H and O–H groups in total. The van der Waals surface area contributed by atoms with Gasteiger partial charge >= 0.3 is 0 Å². The van der Waals surface area contributed by atoms with Crippen LogP contribution in [0, 0.1) is 11.3 Å². The molecule has 0 fully saturated rings. The number of thiazole rings is 1. The van der Waals surface area contributed by atoms with Gasteiger partial charge in [0.15, 0.2) is 5.82 Å². The monoisotopic (exact) mass is 191 g/mol. The van der Waals surface area contributed by atoms with E-state index in [2.05, 4.69) is 10.1 Å². The van der Waals surface area contributed by atoms with Gasteiger partial charge in [-0.1, -0.05) is 0 Å².